The third-order valence-electron chi connectivity index (χ3n) is 0.352. The number of ketones is 1. The van der Waals surface area contributed by atoms with Crippen LogP contribution in [-0.2, 0) is 9.59 Å². The molecule has 1 amide bonds. The van der Waals surface area contributed by atoms with Crippen molar-refractivity contribution >= 4 is 11.7 Å². The van der Waals surface area contributed by atoms with Crippen molar-refractivity contribution < 1.29 is 9.59 Å². The van der Waals surface area contributed by atoms with Crippen LogP contribution < -0.4 is 11.1 Å². The van der Waals surface area contributed by atoms with Gasteiger partial charge >= 0.3 is 0 Å². The van der Waals surface area contributed by atoms with Gasteiger partial charge in [-0.25, -0.2) is 0 Å². The fourth-order valence-corrected chi connectivity index (χ4v) is 0. The first kappa shape index (κ1) is 16.6. The van der Waals surface area contributed by atoms with E-state index in [0.29, 0.717) is 0 Å². The van der Waals surface area contributed by atoms with Gasteiger partial charge < -0.3 is 15.8 Å². The van der Waals surface area contributed by atoms with E-state index in [9.17, 15) is 9.59 Å². The molecule has 0 unspecified atom stereocenters. The first-order valence-corrected chi connectivity index (χ1v) is 3.24. The Bertz CT molecular complexity index is 98.6. The van der Waals surface area contributed by atoms with Gasteiger partial charge in [-0.15, -0.1) is 0 Å². The molecule has 0 bridgehead atoms. The van der Waals surface area contributed by atoms with Gasteiger partial charge in [-0.1, -0.05) is 0 Å². The molecule has 0 radical (unpaired) electrons. The maximum absolute atomic E-state index is 9.70. The van der Waals surface area contributed by atoms with Crippen LogP contribution in [0.25, 0.3) is 0 Å². The molecule has 0 aliphatic heterocycles. The highest BCUT2D eigenvalue weighted by atomic mass is 16.1. The van der Waals surface area contributed by atoms with Crippen LogP contribution in [0.1, 0.15) is 20.8 Å². The van der Waals surface area contributed by atoms with Crippen LogP contribution >= 0.6 is 0 Å². The predicted octanol–water partition coefficient (Wildman–Crippen LogP) is -0.0775. The highest BCUT2D eigenvalue weighted by molar-refractivity contribution is 5.72. The number of rotatable bonds is 0. The van der Waals surface area contributed by atoms with Crippen LogP contribution in [-0.4, -0.2) is 25.8 Å². The summed E-state index contributed by atoms with van der Waals surface area (Å²) in [5, 5.41) is 2.39. The van der Waals surface area contributed by atoms with E-state index < -0.39 is 0 Å². The van der Waals surface area contributed by atoms with Crippen LogP contribution in [0.5, 0.6) is 0 Å². The van der Waals surface area contributed by atoms with Gasteiger partial charge in [0.25, 0.3) is 0 Å². The van der Waals surface area contributed by atoms with Crippen molar-refractivity contribution in [3.05, 3.63) is 0 Å². The number of Topliss-reactive ketones (excluding diaryl/α,β-unsaturated/α-hetero) is 1. The minimum atomic E-state index is 0.00463. The van der Waals surface area contributed by atoms with Crippen molar-refractivity contribution in [2.45, 2.75) is 20.8 Å². The lowest BCUT2D eigenvalue weighted by Crippen LogP contribution is -2.11. The third-order valence-corrected chi connectivity index (χ3v) is 0.352. The summed E-state index contributed by atoms with van der Waals surface area (Å²) in [6.07, 6.45) is 0. The lowest BCUT2D eigenvalue weighted by molar-refractivity contribution is -0.118. The van der Waals surface area contributed by atoms with E-state index in [2.05, 4.69) is 11.1 Å². The summed E-state index contributed by atoms with van der Waals surface area (Å²) in [7, 11) is 3.10. The van der Waals surface area contributed by atoms with Gasteiger partial charge in [0.1, 0.15) is 5.78 Å². The van der Waals surface area contributed by atoms with Gasteiger partial charge in [-0.05, 0) is 20.9 Å². The number of hydrogen-bond donors (Lipinski definition) is 2. The molecule has 3 N–H and O–H groups in total. The van der Waals surface area contributed by atoms with E-state index in [0.717, 1.165) is 0 Å². The molecular weight excluding hydrogens is 144 g/mol. The van der Waals surface area contributed by atoms with Crippen molar-refractivity contribution in [3.63, 3.8) is 0 Å². The maximum Gasteiger partial charge on any atom is 0.216 e. The van der Waals surface area contributed by atoms with Crippen LogP contribution in [0.4, 0.5) is 0 Å². The standard InChI is InChI=1S/C3H7NO.C3H6O.CH5N/c1-3(5)4-2;1-3(2)4;1-2/h1-2H3,(H,4,5);1-2H3;2H2,1H3. The Morgan fingerprint density at radius 2 is 1.18 bits per heavy atom. The first-order chi connectivity index (χ1) is 5.00. The summed E-state index contributed by atoms with van der Waals surface area (Å²) in [4.78, 5) is 19.1. The van der Waals surface area contributed by atoms with E-state index in [4.69, 9.17) is 0 Å². The number of amides is 1. The van der Waals surface area contributed by atoms with Gasteiger partial charge in [-0.3, -0.25) is 4.79 Å². The predicted molar refractivity (Wildman–Crippen MR) is 46.2 cm³/mol. The molecule has 0 saturated carbocycles. The fourth-order valence-electron chi connectivity index (χ4n) is 0. The zero-order valence-electron chi connectivity index (χ0n) is 7.89. The minimum Gasteiger partial charge on any atom is -0.359 e. The lowest BCUT2D eigenvalue weighted by atomic mass is 10.6. The number of nitrogens with two attached hydrogens (primary N) is 1. The highest BCUT2D eigenvalue weighted by Crippen LogP contribution is 1.50. The number of hydrogen-bond acceptors (Lipinski definition) is 3. The molecule has 11 heavy (non-hydrogen) atoms. The monoisotopic (exact) mass is 162 g/mol. The summed E-state index contributed by atoms with van der Waals surface area (Å²) in [5.74, 6) is 0.171. The summed E-state index contributed by atoms with van der Waals surface area (Å²) < 4.78 is 0. The summed E-state index contributed by atoms with van der Waals surface area (Å²) >= 11 is 0. The highest BCUT2D eigenvalue weighted by Gasteiger charge is 1.72. The van der Waals surface area contributed by atoms with E-state index in [1.807, 2.05) is 0 Å². The second-order valence-corrected chi connectivity index (χ2v) is 1.71. The Morgan fingerprint density at radius 1 is 1.09 bits per heavy atom. The molecule has 0 spiro atoms. The molecule has 0 atom stereocenters. The Morgan fingerprint density at radius 3 is 1.18 bits per heavy atom. The molecule has 0 aliphatic rings. The van der Waals surface area contributed by atoms with Gasteiger partial charge in [0, 0.05) is 14.0 Å². The van der Waals surface area contributed by atoms with Crippen LogP contribution in [0, 0.1) is 0 Å². The molecule has 0 rings (SSSR count). The number of nitrogens with one attached hydrogen (secondary N) is 1. The maximum atomic E-state index is 9.70. The van der Waals surface area contributed by atoms with Gasteiger partial charge in [0.15, 0.2) is 0 Å². The summed E-state index contributed by atoms with van der Waals surface area (Å²) in [6.45, 7) is 4.53. The van der Waals surface area contributed by atoms with Crippen molar-refractivity contribution in [2.75, 3.05) is 14.1 Å². The minimum absolute atomic E-state index is 0.00463. The summed E-state index contributed by atoms with van der Waals surface area (Å²) in [5.41, 5.74) is 4.50. The molecule has 0 heterocycles. The Hall–Kier alpha value is -0.900. The Labute approximate surface area is 68.2 Å². The average molecular weight is 162 g/mol. The van der Waals surface area contributed by atoms with Crippen molar-refractivity contribution in [1.29, 1.82) is 0 Å². The second-order valence-electron chi connectivity index (χ2n) is 1.71. The molecule has 0 aromatic carbocycles. The Balaban J connectivity index is -0.0000000965. The zero-order chi connectivity index (χ0) is 9.86. The molecule has 0 aromatic heterocycles. The Kier molecular flexibility index (Phi) is 24.2. The molecular formula is C7H18N2O2. The van der Waals surface area contributed by atoms with Crippen molar-refractivity contribution in [2.24, 2.45) is 5.73 Å². The SMILES string of the molecule is CC(C)=O.CN.CNC(C)=O. The smallest absolute Gasteiger partial charge is 0.216 e. The van der Waals surface area contributed by atoms with E-state index in [1.165, 1.54) is 27.8 Å². The lowest BCUT2D eigenvalue weighted by Gasteiger charge is -1.80. The van der Waals surface area contributed by atoms with E-state index in [1.54, 1.807) is 7.05 Å². The average Bonchev–Trinajstić information content (AvgIpc) is 1.91. The normalized spacial score (nSPS) is 6.00. The molecule has 0 saturated heterocycles. The van der Waals surface area contributed by atoms with Crippen LogP contribution in [0.15, 0.2) is 0 Å². The van der Waals surface area contributed by atoms with Gasteiger partial charge in [-0.2, -0.15) is 0 Å². The quantitative estimate of drug-likeness (QED) is 0.523. The molecule has 0 aliphatic carbocycles. The van der Waals surface area contributed by atoms with Crippen molar-refractivity contribution in [3.8, 4) is 0 Å². The molecule has 0 fully saturated rings. The molecule has 0 aromatic rings. The van der Waals surface area contributed by atoms with Gasteiger partial charge in [0.2, 0.25) is 5.91 Å². The third kappa shape index (κ3) is 379. The van der Waals surface area contributed by atoms with Gasteiger partial charge in [0.05, 0.1) is 0 Å². The first-order valence-electron chi connectivity index (χ1n) is 3.24. The molecule has 4 heteroatoms. The fraction of sp³-hybridized carbons (Fsp3) is 0.714. The largest absolute Gasteiger partial charge is 0.359 e. The molecule has 68 valence electrons. The summed E-state index contributed by atoms with van der Waals surface area (Å²) in [6, 6.07) is 0. The molecule has 4 nitrogen and oxygen atoms in total. The van der Waals surface area contributed by atoms with E-state index in [-0.39, 0.29) is 11.7 Å². The number of carbonyl (C=O) groups is 2. The number of carbonyl (C=O) groups excluding carboxylic acids is 2. The second kappa shape index (κ2) is 16.0. The zero-order valence-corrected chi connectivity index (χ0v) is 7.89. The van der Waals surface area contributed by atoms with Crippen LogP contribution in [0.2, 0.25) is 0 Å². The van der Waals surface area contributed by atoms with E-state index >= 15 is 0 Å². The van der Waals surface area contributed by atoms with Crippen molar-refractivity contribution in [1.82, 2.24) is 5.32 Å². The van der Waals surface area contributed by atoms with Crippen LogP contribution in [0.3, 0.4) is 0 Å². The topological polar surface area (TPSA) is 72.2 Å².